The number of likely N-dealkylation sites (N-methyl/N-ethyl adjacent to an activating group) is 1. The Morgan fingerprint density at radius 3 is 2.38 bits per heavy atom. The largest absolute Gasteiger partial charge is 0.350 e. The second kappa shape index (κ2) is 8.80. The number of amides is 1. The van der Waals surface area contributed by atoms with Gasteiger partial charge in [0.15, 0.2) is 0 Å². The predicted molar refractivity (Wildman–Crippen MR) is 109 cm³/mol. The van der Waals surface area contributed by atoms with Crippen LogP contribution in [0.2, 0.25) is 0 Å². The van der Waals surface area contributed by atoms with Gasteiger partial charge in [-0.2, -0.15) is 0 Å². The summed E-state index contributed by atoms with van der Waals surface area (Å²) in [5.74, 6) is -0.0382. The van der Waals surface area contributed by atoms with Crippen molar-refractivity contribution in [3.8, 4) is 0 Å². The van der Waals surface area contributed by atoms with E-state index in [0.717, 1.165) is 30.7 Å². The molecule has 0 bridgehead atoms. The Morgan fingerprint density at radius 1 is 1.08 bits per heavy atom. The fourth-order valence-corrected chi connectivity index (χ4v) is 3.77. The summed E-state index contributed by atoms with van der Waals surface area (Å²) >= 11 is 3.46. The maximum atomic E-state index is 12.6. The molecule has 2 aromatic carbocycles. The fraction of sp³-hybridized carbons (Fsp3) is 0.381. The lowest BCUT2D eigenvalue weighted by Gasteiger charge is -2.38. The lowest BCUT2D eigenvalue weighted by molar-refractivity contribution is 0.0885. The molecule has 1 heterocycles. The number of piperazine rings is 1. The van der Waals surface area contributed by atoms with Crippen molar-refractivity contribution in [1.29, 1.82) is 0 Å². The van der Waals surface area contributed by atoms with Crippen molar-refractivity contribution in [3.05, 3.63) is 69.7 Å². The van der Waals surface area contributed by atoms with Crippen LogP contribution in [0.1, 0.15) is 27.5 Å². The number of carbonyl (C=O) groups excluding carboxylic acids is 1. The van der Waals surface area contributed by atoms with Crippen LogP contribution in [-0.2, 0) is 0 Å². The Hall–Kier alpha value is -1.69. The molecule has 3 rings (SSSR count). The Bertz CT molecular complexity index is 739. The second-order valence-corrected chi connectivity index (χ2v) is 7.81. The highest BCUT2D eigenvalue weighted by atomic mass is 79.9. The van der Waals surface area contributed by atoms with E-state index in [4.69, 9.17) is 0 Å². The van der Waals surface area contributed by atoms with Gasteiger partial charge in [-0.3, -0.25) is 9.69 Å². The van der Waals surface area contributed by atoms with E-state index in [9.17, 15) is 4.79 Å². The van der Waals surface area contributed by atoms with Crippen LogP contribution < -0.4 is 5.32 Å². The molecule has 1 aliphatic heterocycles. The molecule has 0 unspecified atom stereocenters. The molecular formula is C21H26BrN3O. The molecule has 0 aromatic heterocycles. The molecule has 1 N–H and O–H groups in total. The normalized spacial score (nSPS) is 17.0. The van der Waals surface area contributed by atoms with Crippen molar-refractivity contribution in [3.63, 3.8) is 0 Å². The van der Waals surface area contributed by atoms with E-state index >= 15 is 0 Å². The Kier molecular flexibility index (Phi) is 6.46. The van der Waals surface area contributed by atoms with Crippen LogP contribution in [-0.4, -0.2) is 55.5 Å². The molecule has 0 radical (unpaired) electrons. The minimum absolute atomic E-state index is 0.0382. The smallest absolute Gasteiger partial charge is 0.252 e. The van der Waals surface area contributed by atoms with Crippen molar-refractivity contribution < 1.29 is 4.79 Å². The maximum Gasteiger partial charge on any atom is 0.252 e. The average molecular weight is 416 g/mol. The molecule has 1 amide bonds. The molecule has 26 heavy (non-hydrogen) atoms. The van der Waals surface area contributed by atoms with Crippen molar-refractivity contribution >= 4 is 21.8 Å². The van der Waals surface area contributed by atoms with E-state index < -0.39 is 0 Å². The summed E-state index contributed by atoms with van der Waals surface area (Å²) in [5, 5.41) is 3.14. The molecule has 1 fully saturated rings. The number of halogens is 1. The van der Waals surface area contributed by atoms with Gasteiger partial charge in [0, 0.05) is 37.2 Å². The lowest BCUT2D eigenvalue weighted by atomic mass is 10.0. The summed E-state index contributed by atoms with van der Waals surface area (Å²) in [6.45, 7) is 6.84. The molecule has 5 heteroatoms. The molecule has 4 nitrogen and oxygen atoms in total. The minimum atomic E-state index is -0.0382. The molecule has 0 aliphatic carbocycles. The van der Waals surface area contributed by atoms with Gasteiger partial charge in [-0.05, 0) is 47.6 Å². The van der Waals surface area contributed by atoms with Gasteiger partial charge in [0.2, 0.25) is 0 Å². The van der Waals surface area contributed by atoms with Crippen molar-refractivity contribution in [2.75, 3.05) is 39.8 Å². The lowest BCUT2D eigenvalue weighted by Crippen LogP contribution is -2.48. The summed E-state index contributed by atoms with van der Waals surface area (Å²) in [5.41, 5.74) is 3.18. The highest BCUT2D eigenvalue weighted by molar-refractivity contribution is 9.10. The molecule has 0 spiro atoms. The number of hydrogen-bond donors (Lipinski definition) is 1. The number of benzene rings is 2. The third kappa shape index (κ3) is 4.72. The molecule has 0 saturated carbocycles. The summed E-state index contributed by atoms with van der Waals surface area (Å²) < 4.78 is 0.823. The number of carbonyl (C=O) groups is 1. The molecule has 1 atom stereocenters. The third-order valence-corrected chi connectivity index (χ3v) is 5.71. The second-order valence-electron chi connectivity index (χ2n) is 6.96. The number of aryl methyl sites for hydroxylation is 1. The van der Waals surface area contributed by atoms with Gasteiger partial charge in [0.25, 0.3) is 5.91 Å². The molecular weight excluding hydrogens is 390 g/mol. The predicted octanol–water partition coefficient (Wildman–Crippen LogP) is 3.48. The fourth-order valence-electron chi connectivity index (χ4n) is 3.31. The topological polar surface area (TPSA) is 35.6 Å². The van der Waals surface area contributed by atoms with Gasteiger partial charge in [-0.15, -0.1) is 0 Å². The first kappa shape index (κ1) is 19.1. The van der Waals surface area contributed by atoms with E-state index in [2.05, 4.69) is 69.3 Å². The summed E-state index contributed by atoms with van der Waals surface area (Å²) in [6.07, 6.45) is 0. The van der Waals surface area contributed by atoms with E-state index in [-0.39, 0.29) is 11.9 Å². The van der Waals surface area contributed by atoms with Crippen LogP contribution in [0.3, 0.4) is 0 Å². The highest BCUT2D eigenvalue weighted by Gasteiger charge is 2.24. The van der Waals surface area contributed by atoms with E-state index in [0.29, 0.717) is 12.1 Å². The van der Waals surface area contributed by atoms with Gasteiger partial charge in [0.05, 0.1) is 11.6 Å². The Labute approximate surface area is 164 Å². The molecule has 138 valence electrons. The van der Waals surface area contributed by atoms with Crippen LogP contribution >= 0.6 is 15.9 Å². The average Bonchev–Trinajstić information content (AvgIpc) is 2.65. The van der Waals surface area contributed by atoms with Crippen molar-refractivity contribution in [2.24, 2.45) is 0 Å². The van der Waals surface area contributed by atoms with Crippen LogP contribution in [0.25, 0.3) is 0 Å². The van der Waals surface area contributed by atoms with E-state index in [1.807, 2.05) is 24.3 Å². The number of nitrogens with zero attached hydrogens (tertiary/aromatic N) is 2. The van der Waals surface area contributed by atoms with Crippen LogP contribution in [0.15, 0.2) is 53.0 Å². The highest BCUT2D eigenvalue weighted by Crippen LogP contribution is 2.23. The van der Waals surface area contributed by atoms with Gasteiger partial charge >= 0.3 is 0 Å². The maximum absolute atomic E-state index is 12.6. The van der Waals surface area contributed by atoms with Crippen LogP contribution in [0.5, 0.6) is 0 Å². The van der Waals surface area contributed by atoms with Gasteiger partial charge in [-0.1, -0.05) is 42.0 Å². The first-order valence-electron chi connectivity index (χ1n) is 9.06. The first-order chi connectivity index (χ1) is 12.5. The van der Waals surface area contributed by atoms with Crippen LogP contribution in [0, 0.1) is 6.92 Å². The monoisotopic (exact) mass is 415 g/mol. The Balaban J connectivity index is 1.74. The number of nitrogens with one attached hydrogen (secondary N) is 1. The first-order valence-corrected chi connectivity index (χ1v) is 9.86. The quantitative estimate of drug-likeness (QED) is 0.811. The van der Waals surface area contributed by atoms with Gasteiger partial charge in [0.1, 0.15) is 0 Å². The summed E-state index contributed by atoms with van der Waals surface area (Å²) in [6, 6.07) is 16.4. The molecule has 1 saturated heterocycles. The SMILES string of the molecule is Cc1ccc([C@H](CNC(=O)c2ccccc2Br)N2CCN(C)CC2)cc1. The van der Waals surface area contributed by atoms with Gasteiger partial charge in [-0.25, -0.2) is 0 Å². The minimum Gasteiger partial charge on any atom is -0.350 e. The Morgan fingerprint density at radius 2 is 1.73 bits per heavy atom. The zero-order valence-corrected chi connectivity index (χ0v) is 17.0. The van der Waals surface area contributed by atoms with E-state index in [1.54, 1.807) is 0 Å². The van der Waals surface area contributed by atoms with Crippen molar-refractivity contribution in [2.45, 2.75) is 13.0 Å². The zero-order valence-electron chi connectivity index (χ0n) is 15.4. The molecule has 2 aromatic rings. The van der Waals surface area contributed by atoms with E-state index in [1.165, 1.54) is 11.1 Å². The van der Waals surface area contributed by atoms with Gasteiger partial charge < -0.3 is 10.2 Å². The van der Waals surface area contributed by atoms with Crippen LogP contribution in [0.4, 0.5) is 0 Å². The number of hydrogen-bond acceptors (Lipinski definition) is 3. The standard InChI is InChI=1S/C21H26BrN3O/c1-16-7-9-17(10-8-16)20(25-13-11-24(2)12-14-25)15-23-21(26)18-5-3-4-6-19(18)22/h3-10,20H,11-15H2,1-2H3,(H,23,26)/t20-/m0/s1. The molecule has 1 aliphatic rings. The summed E-state index contributed by atoms with van der Waals surface area (Å²) in [7, 11) is 2.16. The zero-order chi connectivity index (χ0) is 18.5. The number of rotatable bonds is 5. The van der Waals surface area contributed by atoms with Crippen molar-refractivity contribution in [1.82, 2.24) is 15.1 Å². The third-order valence-electron chi connectivity index (χ3n) is 5.02. The summed E-state index contributed by atoms with van der Waals surface area (Å²) in [4.78, 5) is 17.4.